The first-order chi connectivity index (χ1) is 7.76. The number of nitrogens with one attached hydrogen (secondary N) is 1. The van der Waals surface area contributed by atoms with Crippen molar-refractivity contribution in [1.82, 2.24) is 5.32 Å². The number of amides is 1. The normalized spacial score (nSPS) is 27.2. The third kappa shape index (κ3) is 3.94. The minimum atomic E-state index is -0.0836. The zero-order valence-electron chi connectivity index (χ0n) is 9.94. The molecule has 3 N–H and O–H groups in total. The number of carbonyl (C=O) groups is 1. The largest absolute Gasteiger partial charge is 0.348 e. The van der Waals surface area contributed by atoms with E-state index in [1.54, 1.807) is 11.8 Å². The number of halogens is 1. The van der Waals surface area contributed by atoms with E-state index < -0.39 is 0 Å². The molecule has 1 unspecified atom stereocenters. The summed E-state index contributed by atoms with van der Waals surface area (Å²) in [7, 11) is 0. The van der Waals surface area contributed by atoms with Gasteiger partial charge in [0.2, 0.25) is 5.91 Å². The van der Waals surface area contributed by atoms with Crippen molar-refractivity contribution in [2.75, 3.05) is 23.8 Å². The summed E-state index contributed by atoms with van der Waals surface area (Å²) in [4.78, 5) is 12.1. The van der Waals surface area contributed by atoms with Crippen LogP contribution in [0.3, 0.4) is 0 Å². The molecule has 2 fully saturated rings. The maximum absolute atomic E-state index is 12.1. The predicted molar refractivity (Wildman–Crippen MR) is 79.2 cm³/mol. The van der Waals surface area contributed by atoms with E-state index in [4.69, 9.17) is 5.73 Å². The number of hydrogen-bond acceptors (Lipinski definition) is 4. The summed E-state index contributed by atoms with van der Waals surface area (Å²) in [6.07, 6.45) is 4.51. The second-order valence-corrected chi connectivity index (χ2v) is 7.08. The number of rotatable bonds is 3. The molecule has 1 amide bonds. The van der Waals surface area contributed by atoms with Crippen LogP contribution in [0, 0.1) is 0 Å². The summed E-state index contributed by atoms with van der Waals surface area (Å²) in [5.41, 5.74) is 5.74. The first kappa shape index (κ1) is 15.5. The molecule has 2 aliphatic rings. The Kier molecular flexibility index (Phi) is 6.48. The third-order valence-electron chi connectivity index (χ3n) is 3.45. The minimum absolute atomic E-state index is 0. The standard InChI is InChI=1S/C11H20N2OS2.ClH/c12-8-11(3-1-2-4-11)13-10(14)9-7-15-5-6-16-9;/h9H,1-8,12H2,(H,13,14);1H. The van der Waals surface area contributed by atoms with E-state index in [1.165, 1.54) is 18.6 Å². The van der Waals surface area contributed by atoms with Crippen molar-refractivity contribution < 1.29 is 4.79 Å². The van der Waals surface area contributed by atoms with Gasteiger partial charge in [-0.2, -0.15) is 11.8 Å². The van der Waals surface area contributed by atoms with Gasteiger partial charge in [-0.05, 0) is 12.8 Å². The van der Waals surface area contributed by atoms with E-state index in [0.29, 0.717) is 6.54 Å². The van der Waals surface area contributed by atoms with E-state index in [1.807, 2.05) is 11.8 Å². The molecule has 0 spiro atoms. The SMILES string of the molecule is Cl.NCC1(NC(=O)C2CSCCS2)CCCC1. The van der Waals surface area contributed by atoms with Gasteiger partial charge in [-0.15, -0.1) is 24.2 Å². The van der Waals surface area contributed by atoms with E-state index in [2.05, 4.69) is 5.32 Å². The highest BCUT2D eigenvalue weighted by Crippen LogP contribution is 2.30. The Morgan fingerprint density at radius 1 is 1.35 bits per heavy atom. The lowest BCUT2D eigenvalue weighted by molar-refractivity contribution is -0.122. The van der Waals surface area contributed by atoms with Gasteiger partial charge in [0.15, 0.2) is 0 Å². The summed E-state index contributed by atoms with van der Waals surface area (Å²) in [6.45, 7) is 0.587. The van der Waals surface area contributed by atoms with E-state index in [-0.39, 0.29) is 29.1 Å². The molecule has 1 saturated carbocycles. The average molecular weight is 297 g/mol. The zero-order valence-corrected chi connectivity index (χ0v) is 12.4. The van der Waals surface area contributed by atoms with Crippen LogP contribution in [0.2, 0.25) is 0 Å². The Bertz CT molecular complexity index is 254. The average Bonchev–Trinajstić information content (AvgIpc) is 2.79. The number of nitrogens with two attached hydrogens (primary N) is 1. The van der Waals surface area contributed by atoms with Gasteiger partial charge in [-0.3, -0.25) is 4.79 Å². The lowest BCUT2D eigenvalue weighted by atomic mass is 9.97. The van der Waals surface area contributed by atoms with Gasteiger partial charge in [0.25, 0.3) is 0 Å². The summed E-state index contributed by atoms with van der Waals surface area (Å²) in [5.74, 6) is 3.44. The topological polar surface area (TPSA) is 55.1 Å². The monoisotopic (exact) mass is 296 g/mol. The second-order valence-electron chi connectivity index (χ2n) is 4.62. The lowest BCUT2D eigenvalue weighted by Gasteiger charge is -2.31. The predicted octanol–water partition coefficient (Wildman–Crippen LogP) is 1.64. The van der Waals surface area contributed by atoms with Crippen LogP contribution in [0.1, 0.15) is 25.7 Å². The molecule has 100 valence electrons. The molecule has 0 bridgehead atoms. The molecule has 1 aliphatic heterocycles. The van der Waals surface area contributed by atoms with Crippen molar-refractivity contribution in [3.8, 4) is 0 Å². The van der Waals surface area contributed by atoms with E-state index in [9.17, 15) is 4.79 Å². The molecule has 17 heavy (non-hydrogen) atoms. The van der Waals surface area contributed by atoms with Crippen LogP contribution in [0.5, 0.6) is 0 Å². The number of carbonyl (C=O) groups excluding carboxylic acids is 1. The molecule has 0 aromatic carbocycles. The molecule has 1 heterocycles. The minimum Gasteiger partial charge on any atom is -0.348 e. The molecule has 6 heteroatoms. The molecule has 3 nitrogen and oxygen atoms in total. The molecular weight excluding hydrogens is 276 g/mol. The van der Waals surface area contributed by atoms with Crippen LogP contribution >= 0.6 is 35.9 Å². The van der Waals surface area contributed by atoms with Crippen molar-refractivity contribution >= 4 is 41.8 Å². The van der Waals surface area contributed by atoms with Gasteiger partial charge in [-0.25, -0.2) is 0 Å². The molecule has 0 aromatic rings. The van der Waals surface area contributed by atoms with Gasteiger partial charge in [0.05, 0.1) is 10.8 Å². The molecule has 1 saturated heterocycles. The van der Waals surface area contributed by atoms with E-state index >= 15 is 0 Å². The smallest absolute Gasteiger partial charge is 0.234 e. The Balaban J connectivity index is 0.00000144. The molecule has 0 radical (unpaired) electrons. The van der Waals surface area contributed by atoms with Crippen LogP contribution in [0.4, 0.5) is 0 Å². The van der Waals surface area contributed by atoms with Gasteiger partial charge in [0, 0.05) is 23.8 Å². The van der Waals surface area contributed by atoms with Crippen LogP contribution in [0.25, 0.3) is 0 Å². The number of hydrogen-bond donors (Lipinski definition) is 2. The summed E-state index contributed by atoms with van der Waals surface area (Å²) in [5, 5.41) is 3.36. The molecule has 1 aliphatic carbocycles. The third-order valence-corrected chi connectivity index (χ3v) is 6.20. The van der Waals surface area contributed by atoms with Gasteiger partial charge >= 0.3 is 0 Å². The maximum atomic E-state index is 12.1. The lowest BCUT2D eigenvalue weighted by Crippen LogP contribution is -2.54. The summed E-state index contributed by atoms with van der Waals surface area (Å²) < 4.78 is 0. The number of thioether (sulfide) groups is 2. The summed E-state index contributed by atoms with van der Waals surface area (Å²) >= 11 is 3.67. The highest BCUT2D eigenvalue weighted by Gasteiger charge is 2.36. The highest BCUT2D eigenvalue weighted by molar-refractivity contribution is 8.07. The van der Waals surface area contributed by atoms with Gasteiger partial charge in [0.1, 0.15) is 0 Å². The second kappa shape index (κ2) is 7.12. The van der Waals surface area contributed by atoms with Crippen molar-refractivity contribution in [2.24, 2.45) is 5.73 Å². The van der Waals surface area contributed by atoms with Crippen molar-refractivity contribution in [3.63, 3.8) is 0 Å². The first-order valence-corrected chi connectivity index (χ1v) is 8.18. The van der Waals surface area contributed by atoms with Crippen LogP contribution in [0.15, 0.2) is 0 Å². The first-order valence-electron chi connectivity index (χ1n) is 5.97. The highest BCUT2D eigenvalue weighted by atomic mass is 35.5. The van der Waals surface area contributed by atoms with Crippen molar-refractivity contribution in [2.45, 2.75) is 36.5 Å². The fourth-order valence-corrected chi connectivity index (χ4v) is 4.97. The van der Waals surface area contributed by atoms with Crippen LogP contribution < -0.4 is 11.1 Å². The fraction of sp³-hybridized carbons (Fsp3) is 0.909. The van der Waals surface area contributed by atoms with E-state index in [0.717, 1.165) is 24.3 Å². The van der Waals surface area contributed by atoms with Gasteiger partial charge < -0.3 is 11.1 Å². The van der Waals surface area contributed by atoms with Crippen LogP contribution in [-0.2, 0) is 4.79 Å². The molecule has 2 rings (SSSR count). The van der Waals surface area contributed by atoms with Gasteiger partial charge in [-0.1, -0.05) is 12.8 Å². The molecule has 0 aromatic heterocycles. The Hall–Kier alpha value is 0.420. The Morgan fingerprint density at radius 2 is 2.06 bits per heavy atom. The Morgan fingerprint density at radius 3 is 2.59 bits per heavy atom. The summed E-state index contributed by atoms with van der Waals surface area (Å²) in [6, 6.07) is 0. The molecule has 1 atom stereocenters. The Labute approximate surface area is 118 Å². The van der Waals surface area contributed by atoms with Crippen molar-refractivity contribution in [3.05, 3.63) is 0 Å². The maximum Gasteiger partial charge on any atom is 0.234 e. The van der Waals surface area contributed by atoms with Crippen LogP contribution in [-0.4, -0.2) is 40.5 Å². The quantitative estimate of drug-likeness (QED) is 0.831. The molecular formula is C11H21ClN2OS2. The van der Waals surface area contributed by atoms with Crippen molar-refractivity contribution in [1.29, 1.82) is 0 Å². The zero-order chi connectivity index (χ0) is 11.4. The fourth-order valence-electron chi connectivity index (χ4n) is 2.41.